The molecule has 32 heavy (non-hydrogen) atoms. The van der Waals surface area contributed by atoms with Gasteiger partial charge in [0.2, 0.25) is 5.91 Å². The Bertz CT molecular complexity index is 825. The number of amides is 1. The number of benzene rings is 1. The summed E-state index contributed by atoms with van der Waals surface area (Å²) in [5.41, 5.74) is 0.0184. The van der Waals surface area contributed by atoms with Gasteiger partial charge < -0.3 is 19.5 Å². The van der Waals surface area contributed by atoms with Gasteiger partial charge in [-0.2, -0.15) is 0 Å². The molecule has 7 nitrogen and oxygen atoms in total. The van der Waals surface area contributed by atoms with Crippen LogP contribution in [-0.2, 0) is 25.5 Å². The van der Waals surface area contributed by atoms with Crippen molar-refractivity contribution >= 4 is 17.8 Å². The van der Waals surface area contributed by atoms with Gasteiger partial charge in [0.05, 0.1) is 11.8 Å². The molecular weight excluding hydrogens is 410 g/mol. The van der Waals surface area contributed by atoms with Crippen molar-refractivity contribution in [3.05, 3.63) is 29.8 Å². The number of cyclic esters (lactones) is 1. The number of carboxylic acids is 1. The lowest BCUT2D eigenvalue weighted by Gasteiger charge is -2.41. The van der Waals surface area contributed by atoms with E-state index in [0.29, 0.717) is 32.5 Å². The van der Waals surface area contributed by atoms with Crippen molar-refractivity contribution < 1.29 is 29.0 Å². The van der Waals surface area contributed by atoms with E-state index in [1.165, 1.54) is 5.56 Å². The summed E-state index contributed by atoms with van der Waals surface area (Å²) >= 11 is 0. The number of nitrogens with zero attached hydrogens (tertiary/aromatic N) is 1. The molecule has 1 spiro atoms. The first-order chi connectivity index (χ1) is 15.2. The summed E-state index contributed by atoms with van der Waals surface area (Å²) in [4.78, 5) is 38.6. The summed E-state index contributed by atoms with van der Waals surface area (Å²) in [6.07, 6.45) is 4.82. The lowest BCUT2D eigenvalue weighted by molar-refractivity contribution is -0.162. The van der Waals surface area contributed by atoms with E-state index in [9.17, 15) is 14.4 Å². The van der Waals surface area contributed by atoms with E-state index in [4.69, 9.17) is 14.6 Å². The highest BCUT2D eigenvalue weighted by molar-refractivity contribution is 5.80. The molecule has 1 aromatic carbocycles. The molecule has 0 aliphatic carbocycles. The Kier molecular flexibility index (Phi) is 7.80. The first-order valence-electron chi connectivity index (χ1n) is 11.6. The minimum atomic E-state index is -0.900. The van der Waals surface area contributed by atoms with E-state index in [1.807, 2.05) is 18.2 Å². The summed E-state index contributed by atoms with van der Waals surface area (Å²) in [5, 5.41) is 9.07. The molecule has 1 fully saturated rings. The summed E-state index contributed by atoms with van der Waals surface area (Å²) in [7, 11) is 0. The van der Waals surface area contributed by atoms with Gasteiger partial charge in [0, 0.05) is 19.5 Å². The summed E-state index contributed by atoms with van der Waals surface area (Å²) in [6, 6.07) is 8.00. The number of piperidine rings is 1. The predicted octanol–water partition coefficient (Wildman–Crippen LogP) is 3.83. The normalized spacial score (nSPS) is 19.7. The van der Waals surface area contributed by atoms with E-state index >= 15 is 0 Å². The molecular formula is C25H35NO6. The van der Waals surface area contributed by atoms with E-state index in [0.717, 1.165) is 31.4 Å². The molecule has 0 bridgehead atoms. The van der Waals surface area contributed by atoms with Crippen molar-refractivity contribution in [1.29, 1.82) is 0 Å². The highest BCUT2D eigenvalue weighted by Gasteiger charge is 2.43. The molecule has 7 heteroatoms. The van der Waals surface area contributed by atoms with Crippen molar-refractivity contribution in [3.63, 3.8) is 0 Å². The van der Waals surface area contributed by atoms with Gasteiger partial charge in [-0.25, -0.2) is 0 Å². The average Bonchev–Trinajstić information content (AvgIpc) is 2.73. The number of aliphatic carboxylic acids is 1. The van der Waals surface area contributed by atoms with Crippen LogP contribution in [0.15, 0.2) is 24.3 Å². The van der Waals surface area contributed by atoms with Gasteiger partial charge >= 0.3 is 11.9 Å². The summed E-state index contributed by atoms with van der Waals surface area (Å²) in [6.45, 7) is 5.12. The maximum Gasteiger partial charge on any atom is 0.312 e. The first-order valence-corrected chi connectivity index (χ1v) is 11.6. The van der Waals surface area contributed by atoms with Gasteiger partial charge in [0.25, 0.3) is 0 Å². The average molecular weight is 446 g/mol. The molecule has 0 radical (unpaired) electrons. The lowest BCUT2D eigenvalue weighted by atomic mass is 9.74. The second-order valence-electron chi connectivity index (χ2n) is 9.87. The second kappa shape index (κ2) is 10.4. The molecule has 1 aromatic rings. The number of fused-ring (bicyclic) bond motifs is 1. The Labute approximate surface area is 190 Å². The van der Waals surface area contributed by atoms with Gasteiger partial charge in [-0.15, -0.1) is 0 Å². The third kappa shape index (κ3) is 6.24. The molecule has 1 N–H and O–H groups in total. The number of likely N-dealkylation sites (tertiary alicyclic amines) is 1. The number of carboxylic acid groups (broad SMARTS) is 1. The monoisotopic (exact) mass is 445 g/mol. The van der Waals surface area contributed by atoms with Crippen LogP contribution >= 0.6 is 0 Å². The number of hydrogen-bond donors (Lipinski definition) is 1. The Morgan fingerprint density at radius 1 is 1.03 bits per heavy atom. The minimum absolute atomic E-state index is 0.0439. The molecule has 3 rings (SSSR count). The smallest absolute Gasteiger partial charge is 0.312 e. The van der Waals surface area contributed by atoms with Gasteiger partial charge in [0.1, 0.15) is 19.0 Å². The quantitative estimate of drug-likeness (QED) is 0.708. The SMILES string of the molecule is CC(C)(CC(=O)O)CC(=O)N1CCC2(CCCCc3ccccc3OCCOC2=O)CC1. The van der Waals surface area contributed by atoms with Crippen molar-refractivity contribution in [1.82, 2.24) is 4.90 Å². The number of carbonyl (C=O) groups is 3. The standard InChI is InChI=1S/C25H35NO6/c1-24(2,18-22(28)29)17-21(27)26-13-11-25(12-14-26)10-6-5-8-19-7-3-4-9-20(19)31-15-16-32-23(25)30/h3-4,7,9H,5-6,8,10-18H2,1-2H3,(H,28,29). The maximum absolute atomic E-state index is 13.0. The molecule has 2 aliphatic heterocycles. The van der Waals surface area contributed by atoms with E-state index in [2.05, 4.69) is 6.07 Å². The molecule has 0 saturated carbocycles. The molecule has 0 unspecified atom stereocenters. The number of para-hydroxylation sites is 1. The zero-order chi connectivity index (χ0) is 23.2. The van der Waals surface area contributed by atoms with E-state index < -0.39 is 16.8 Å². The third-order valence-electron chi connectivity index (χ3n) is 6.66. The van der Waals surface area contributed by atoms with Gasteiger partial charge in [-0.1, -0.05) is 38.5 Å². The fraction of sp³-hybridized carbons (Fsp3) is 0.640. The summed E-state index contributed by atoms with van der Waals surface area (Å²) < 4.78 is 11.4. The van der Waals surface area contributed by atoms with Gasteiger partial charge in [-0.3, -0.25) is 14.4 Å². The number of esters is 1. The molecule has 0 atom stereocenters. The van der Waals surface area contributed by atoms with Crippen LogP contribution in [0.1, 0.15) is 64.4 Å². The Morgan fingerprint density at radius 2 is 1.72 bits per heavy atom. The van der Waals surface area contributed by atoms with Crippen molar-refractivity contribution in [2.24, 2.45) is 10.8 Å². The van der Waals surface area contributed by atoms with Crippen LogP contribution in [0.2, 0.25) is 0 Å². The van der Waals surface area contributed by atoms with Crippen LogP contribution < -0.4 is 4.74 Å². The Balaban J connectivity index is 1.61. The minimum Gasteiger partial charge on any atom is -0.490 e. The number of carbonyl (C=O) groups excluding carboxylic acids is 2. The van der Waals surface area contributed by atoms with E-state index in [-0.39, 0.29) is 31.3 Å². The zero-order valence-corrected chi connectivity index (χ0v) is 19.2. The fourth-order valence-electron chi connectivity index (χ4n) is 4.80. The van der Waals surface area contributed by atoms with Crippen molar-refractivity contribution in [2.45, 2.75) is 65.2 Å². The predicted molar refractivity (Wildman–Crippen MR) is 119 cm³/mol. The Morgan fingerprint density at radius 3 is 2.44 bits per heavy atom. The zero-order valence-electron chi connectivity index (χ0n) is 19.2. The number of hydrogen-bond acceptors (Lipinski definition) is 5. The molecule has 1 amide bonds. The summed E-state index contributed by atoms with van der Waals surface area (Å²) in [5.74, 6) is -0.273. The molecule has 176 valence electrons. The lowest BCUT2D eigenvalue weighted by Crippen LogP contribution is -2.48. The van der Waals surface area contributed by atoms with E-state index in [1.54, 1.807) is 18.7 Å². The van der Waals surface area contributed by atoms with Crippen molar-refractivity contribution in [3.8, 4) is 5.75 Å². The van der Waals surface area contributed by atoms with Crippen LogP contribution in [0.25, 0.3) is 0 Å². The largest absolute Gasteiger partial charge is 0.490 e. The highest BCUT2D eigenvalue weighted by atomic mass is 16.6. The number of rotatable bonds is 4. The van der Waals surface area contributed by atoms with Crippen LogP contribution in [0.3, 0.4) is 0 Å². The van der Waals surface area contributed by atoms with Crippen molar-refractivity contribution in [2.75, 3.05) is 26.3 Å². The molecule has 2 aliphatic rings. The van der Waals surface area contributed by atoms with Crippen LogP contribution in [-0.4, -0.2) is 54.2 Å². The number of ether oxygens (including phenoxy) is 2. The van der Waals surface area contributed by atoms with Crippen LogP contribution in [0, 0.1) is 10.8 Å². The maximum atomic E-state index is 13.0. The molecule has 2 heterocycles. The van der Waals surface area contributed by atoms with Crippen LogP contribution in [0.5, 0.6) is 5.75 Å². The number of aryl methyl sites for hydroxylation is 1. The Hall–Kier alpha value is -2.57. The second-order valence-corrected chi connectivity index (χ2v) is 9.87. The first kappa shape index (κ1) is 24.1. The topological polar surface area (TPSA) is 93.1 Å². The highest BCUT2D eigenvalue weighted by Crippen LogP contribution is 2.39. The van der Waals surface area contributed by atoms with Gasteiger partial charge in [0.15, 0.2) is 0 Å². The van der Waals surface area contributed by atoms with Gasteiger partial charge in [-0.05, 0) is 49.1 Å². The third-order valence-corrected chi connectivity index (χ3v) is 6.66. The molecule has 0 aromatic heterocycles. The van der Waals surface area contributed by atoms with Crippen LogP contribution in [0.4, 0.5) is 0 Å². The fourth-order valence-corrected chi connectivity index (χ4v) is 4.80. The molecule has 1 saturated heterocycles.